The van der Waals surface area contributed by atoms with Crippen molar-refractivity contribution >= 4 is 50.3 Å². The summed E-state index contributed by atoms with van der Waals surface area (Å²) in [5.74, 6) is 0.368. The van der Waals surface area contributed by atoms with E-state index in [0.29, 0.717) is 67.3 Å². The maximum absolute atomic E-state index is 13.7. The van der Waals surface area contributed by atoms with Crippen LogP contribution in [0.2, 0.25) is 0 Å². The highest BCUT2D eigenvalue weighted by molar-refractivity contribution is 7.22. The first-order valence-corrected chi connectivity index (χ1v) is 21.6. The first-order valence-electron chi connectivity index (χ1n) is 20.8. The molecule has 12 heteroatoms. The quantitative estimate of drug-likeness (QED) is 0.0825. The van der Waals surface area contributed by atoms with Crippen LogP contribution in [0.15, 0.2) is 66.7 Å². The number of ether oxygens (including phenoxy) is 2. The number of piperidine rings is 1. The van der Waals surface area contributed by atoms with E-state index in [0.717, 1.165) is 82.6 Å². The van der Waals surface area contributed by atoms with Crippen molar-refractivity contribution in [3.05, 3.63) is 100 Å². The molecule has 1 saturated heterocycles. The summed E-state index contributed by atoms with van der Waals surface area (Å²) in [6.45, 7) is 14.3. The molecule has 2 aliphatic heterocycles. The highest BCUT2D eigenvalue weighted by atomic mass is 32.1. The van der Waals surface area contributed by atoms with Gasteiger partial charge in [-0.05, 0) is 128 Å². The van der Waals surface area contributed by atoms with Crippen molar-refractivity contribution < 1.29 is 29.0 Å². The molecule has 0 radical (unpaired) electrons. The first kappa shape index (κ1) is 41.8. The average Bonchev–Trinajstić information content (AvgIpc) is 3.62. The van der Waals surface area contributed by atoms with Gasteiger partial charge in [0.15, 0.2) is 10.8 Å². The lowest BCUT2D eigenvalue weighted by Gasteiger charge is -2.33. The van der Waals surface area contributed by atoms with Crippen LogP contribution in [0, 0.1) is 12.8 Å². The maximum Gasteiger partial charge on any atom is 0.355 e. The standard InChI is InChI=1S/C47H55N5O6S/c1-6-57-41(53)29-51-23-13-15-31(27-51)14-9-10-25-58-38-20-12-17-33(30(38)2)42-36(47(3,4)5)26-40(49-43(42)45(55)56)52-24-22-32-16-11-18-34(35(32)28-52)44(54)50-46-48-37-19-7-8-21-39(37)59-46/h7-8,11-12,16-21,26,31H,6,9-10,13-15,22-25,27-29H2,1-5H3,(H,55,56)(H,48,50,54)/t31-/m0/s1. The van der Waals surface area contributed by atoms with Crippen LogP contribution in [-0.4, -0.2) is 77.2 Å². The molecule has 0 saturated carbocycles. The minimum Gasteiger partial charge on any atom is -0.493 e. The van der Waals surface area contributed by atoms with E-state index >= 15 is 0 Å². The number of carbonyl (C=O) groups is 3. The van der Waals surface area contributed by atoms with Gasteiger partial charge in [-0.3, -0.25) is 19.8 Å². The summed E-state index contributed by atoms with van der Waals surface area (Å²) in [6.07, 6.45) is 5.95. The number of rotatable bonds is 14. The van der Waals surface area contributed by atoms with E-state index in [1.807, 2.05) is 74.5 Å². The SMILES string of the molecule is CCOC(=O)CN1CCC[C@H](CCCCOc2cccc(-c3c(C(C)(C)C)cc(N4CCc5cccc(C(=O)Nc6nc7ccccc7s6)c5C4)nc3C(=O)O)c2C)C1. The molecule has 1 atom stereocenters. The minimum atomic E-state index is -1.10. The molecule has 11 nitrogen and oxygen atoms in total. The van der Waals surface area contributed by atoms with Gasteiger partial charge in [-0.25, -0.2) is 14.8 Å². The number of carbonyl (C=O) groups excluding carboxylic acids is 2. The number of unbranched alkanes of at least 4 members (excludes halogenated alkanes) is 1. The zero-order valence-electron chi connectivity index (χ0n) is 34.8. The number of para-hydroxylation sites is 1. The Morgan fingerprint density at radius 1 is 1.00 bits per heavy atom. The van der Waals surface area contributed by atoms with E-state index in [1.54, 1.807) is 0 Å². The number of nitrogens with one attached hydrogen (secondary N) is 1. The number of anilines is 2. The van der Waals surface area contributed by atoms with Gasteiger partial charge in [-0.15, -0.1) is 0 Å². The molecular weight excluding hydrogens is 763 g/mol. The van der Waals surface area contributed by atoms with Crippen LogP contribution >= 0.6 is 11.3 Å². The van der Waals surface area contributed by atoms with Crippen molar-refractivity contribution in [2.75, 3.05) is 49.6 Å². The second kappa shape index (κ2) is 18.3. The van der Waals surface area contributed by atoms with Gasteiger partial charge in [0.2, 0.25) is 0 Å². The number of aromatic nitrogens is 2. The molecule has 0 spiro atoms. The Labute approximate surface area is 350 Å². The molecule has 1 amide bonds. The third-order valence-electron chi connectivity index (χ3n) is 11.5. The summed E-state index contributed by atoms with van der Waals surface area (Å²) < 4.78 is 12.5. The van der Waals surface area contributed by atoms with Crippen LogP contribution in [0.25, 0.3) is 21.3 Å². The van der Waals surface area contributed by atoms with Crippen LogP contribution in [-0.2, 0) is 27.9 Å². The molecule has 0 bridgehead atoms. The molecule has 310 valence electrons. The lowest BCUT2D eigenvalue weighted by atomic mass is 9.80. The number of esters is 1. The third kappa shape index (κ3) is 9.77. The van der Waals surface area contributed by atoms with Crippen molar-refractivity contribution in [3.63, 3.8) is 0 Å². The predicted octanol–water partition coefficient (Wildman–Crippen LogP) is 9.30. The topological polar surface area (TPSA) is 134 Å². The fourth-order valence-electron chi connectivity index (χ4n) is 8.47. The van der Waals surface area contributed by atoms with Crippen LogP contribution in [0.4, 0.5) is 10.9 Å². The van der Waals surface area contributed by atoms with E-state index < -0.39 is 11.4 Å². The van der Waals surface area contributed by atoms with Gasteiger partial charge in [0.05, 0.1) is 30.0 Å². The van der Waals surface area contributed by atoms with Gasteiger partial charge < -0.3 is 19.5 Å². The Morgan fingerprint density at radius 2 is 1.81 bits per heavy atom. The highest BCUT2D eigenvalue weighted by Crippen LogP contribution is 2.41. The predicted molar refractivity (Wildman–Crippen MR) is 234 cm³/mol. The Morgan fingerprint density at radius 3 is 2.59 bits per heavy atom. The number of likely N-dealkylation sites (tertiary alicyclic amines) is 1. The number of hydrogen-bond donors (Lipinski definition) is 2. The summed E-state index contributed by atoms with van der Waals surface area (Å²) in [7, 11) is 0. The van der Waals surface area contributed by atoms with Gasteiger partial charge in [-0.1, -0.05) is 68.5 Å². The largest absolute Gasteiger partial charge is 0.493 e. The monoisotopic (exact) mass is 817 g/mol. The van der Waals surface area contributed by atoms with Crippen molar-refractivity contribution in [2.45, 2.75) is 85.1 Å². The molecule has 3 aromatic carbocycles. The molecule has 2 N–H and O–H groups in total. The Kier molecular flexibility index (Phi) is 13.0. The number of amides is 1. The summed E-state index contributed by atoms with van der Waals surface area (Å²) >= 11 is 1.44. The molecule has 5 aromatic rings. The molecule has 2 aliphatic rings. The number of hydrogen-bond acceptors (Lipinski definition) is 10. The Bertz CT molecular complexity index is 2300. The fraction of sp³-hybridized carbons (Fsp3) is 0.426. The fourth-order valence-corrected chi connectivity index (χ4v) is 9.33. The van der Waals surface area contributed by atoms with Gasteiger partial charge in [0.25, 0.3) is 5.91 Å². The molecule has 0 unspecified atom stereocenters. The summed E-state index contributed by atoms with van der Waals surface area (Å²) in [5.41, 5.74) is 6.06. The Balaban J connectivity index is 1.08. The van der Waals surface area contributed by atoms with Crippen LogP contribution in [0.3, 0.4) is 0 Å². The van der Waals surface area contributed by atoms with E-state index in [4.69, 9.17) is 14.5 Å². The van der Waals surface area contributed by atoms with Crippen molar-refractivity contribution in [3.8, 4) is 16.9 Å². The van der Waals surface area contributed by atoms with Gasteiger partial charge in [0.1, 0.15) is 11.6 Å². The molecule has 0 aliphatic carbocycles. The van der Waals surface area contributed by atoms with Crippen molar-refractivity contribution in [2.24, 2.45) is 5.92 Å². The molecule has 59 heavy (non-hydrogen) atoms. The van der Waals surface area contributed by atoms with Gasteiger partial charge >= 0.3 is 11.9 Å². The number of benzene rings is 3. The third-order valence-corrected chi connectivity index (χ3v) is 12.4. The summed E-state index contributed by atoms with van der Waals surface area (Å²) in [4.78, 5) is 52.7. The zero-order chi connectivity index (χ0) is 41.7. The summed E-state index contributed by atoms with van der Waals surface area (Å²) in [5, 5.41) is 14.3. The second-order valence-electron chi connectivity index (χ2n) is 16.7. The van der Waals surface area contributed by atoms with E-state index in [2.05, 4.69) is 46.9 Å². The molecule has 2 aromatic heterocycles. The first-order chi connectivity index (χ1) is 28.4. The normalized spacial score (nSPS) is 15.8. The Hall–Kier alpha value is -5.33. The number of aromatic carboxylic acids is 1. The number of carboxylic acid groups (broad SMARTS) is 1. The number of nitrogens with zero attached hydrogens (tertiary/aromatic N) is 4. The summed E-state index contributed by atoms with van der Waals surface area (Å²) in [6, 6.07) is 21.5. The molecule has 7 rings (SSSR count). The van der Waals surface area contributed by atoms with Crippen LogP contribution in [0.1, 0.15) is 103 Å². The molecule has 1 fully saturated rings. The van der Waals surface area contributed by atoms with Crippen LogP contribution < -0.4 is 15.0 Å². The van der Waals surface area contributed by atoms with Crippen molar-refractivity contribution in [1.29, 1.82) is 0 Å². The lowest BCUT2D eigenvalue weighted by molar-refractivity contribution is -0.144. The average molecular weight is 818 g/mol. The van der Waals surface area contributed by atoms with Gasteiger partial charge in [0, 0.05) is 30.8 Å². The smallest absolute Gasteiger partial charge is 0.355 e. The van der Waals surface area contributed by atoms with E-state index in [-0.39, 0.29) is 17.6 Å². The highest BCUT2D eigenvalue weighted by Gasteiger charge is 2.31. The van der Waals surface area contributed by atoms with Crippen molar-refractivity contribution in [1.82, 2.24) is 14.9 Å². The second-order valence-corrected chi connectivity index (χ2v) is 17.7. The molecule has 4 heterocycles. The molecular formula is C47H55N5O6S. The zero-order valence-corrected chi connectivity index (χ0v) is 35.6. The number of fused-ring (bicyclic) bond motifs is 2. The van der Waals surface area contributed by atoms with Gasteiger partial charge in [-0.2, -0.15) is 0 Å². The number of carboxylic acids is 1. The maximum atomic E-state index is 13.7. The van der Waals surface area contributed by atoms with Crippen LogP contribution in [0.5, 0.6) is 5.75 Å². The lowest BCUT2D eigenvalue weighted by Crippen LogP contribution is -2.39. The van der Waals surface area contributed by atoms with E-state index in [1.165, 1.54) is 17.8 Å². The van der Waals surface area contributed by atoms with E-state index in [9.17, 15) is 19.5 Å². The number of pyridine rings is 1. The number of thiazole rings is 1. The minimum absolute atomic E-state index is 0.00943.